The highest BCUT2D eigenvalue weighted by Gasteiger charge is 2.30. The molecule has 2 aliphatic rings. The van der Waals surface area contributed by atoms with E-state index >= 15 is 0 Å². The van der Waals surface area contributed by atoms with Gasteiger partial charge in [0.15, 0.2) is 10.9 Å². The Morgan fingerprint density at radius 2 is 1.90 bits per heavy atom. The zero-order valence-corrected chi connectivity index (χ0v) is 24.5. The number of thiazole rings is 1. The maximum atomic E-state index is 13.5. The van der Waals surface area contributed by atoms with Gasteiger partial charge in [-0.1, -0.05) is 29.6 Å². The maximum absolute atomic E-state index is 13.5. The molecule has 0 spiro atoms. The molecule has 3 aromatic heterocycles. The summed E-state index contributed by atoms with van der Waals surface area (Å²) in [6.45, 7) is 8.52. The van der Waals surface area contributed by atoms with Crippen LogP contribution < -0.4 is 9.80 Å². The molecule has 0 saturated carbocycles. The molecule has 0 bridgehead atoms. The molecule has 0 amide bonds. The van der Waals surface area contributed by atoms with Crippen molar-refractivity contribution >= 4 is 43.7 Å². The third kappa shape index (κ3) is 5.17. The fraction of sp³-hybridized carbons (Fsp3) is 0.481. The van der Waals surface area contributed by atoms with Crippen molar-refractivity contribution in [3.63, 3.8) is 0 Å². The largest absolute Gasteiger partial charge is 0.379 e. The second-order valence-corrected chi connectivity index (χ2v) is 12.1. The van der Waals surface area contributed by atoms with Crippen molar-refractivity contribution in [1.29, 1.82) is 5.26 Å². The summed E-state index contributed by atoms with van der Waals surface area (Å²) >= 11 is 2.92. The monoisotopic (exact) mass is 581 g/mol. The summed E-state index contributed by atoms with van der Waals surface area (Å²) in [7, 11) is 4.14. The first-order chi connectivity index (χ1) is 19.4. The van der Waals surface area contributed by atoms with Crippen LogP contribution in [0.2, 0.25) is 0 Å². The number of rotatable bonds is 8. The number of hydrogen-bond acceptors (Lipinski definition) is 11. The minimum Gasteiger partial charge on any atom is -0.379 e. The smallest absolute Gasteiger partial charge is 0.216 e. The van der Waals surface area contributed by atoms with Gasteiger partial charge in [-0.15, -0.1) is 5.10 Å². The number of halogens is 1. The number of ether oxygens (including phenoxy) is 1. The molecule has 13 heteroatoms. The van der Waals surface area contributed by atoms with Gasteiger partial charge < -0.3 is 14.5 Å². The standard InChI is InChI=1S/C27H32FN9OS2/c1-4-21-24(34(3)25-31-23(22(15-29)39-25)18-5-7-19(28)8-6-18)37-26(30-21)40-27(32-37)36-10-9-20(16-36)33(2)17-35-11-13-38-14-12-35/h5-8,20H,4,9-14,16-17H2,1-3H3. The van der Waals surface area contributed by atoms with Crippen LogP contribution in [-0.4, -0.2) is 95.6 Å². The average molecular weight is 582 g/mol. The van der Waals surface area contributed by atoms with Crippen molar-refractivity contribution in [1.82, 2.24) is 29.4 Å². The Balaban J connectivity index is 1.24. The van der Waals surface area contributed by atoms with Gasteiger partial charge in [0.2, 0.25) is 10.1 Å². The summed E-state index contributed by atoms with van der Waals surface area (Å²) in [5.41, 5.74) is 2.19. The number of anilines is 3. The Bertz CT molecular complexity index is 1520. The minimum atomic E-state index is -0.323. The van der Waals surface area contributed by atoms with Crippen molar-refractivity contribution in [2.75, 3.05) is 70.0 Å². The van der Waals surface area contributed by atoms with Gasteiger partial charge in [-0.3, -0.25) is 9.80 Å². The first-order valence-corrected chi connectivity index (χ1v) is 15.1. The maximum Gasteiger partial charge on any atom is 0.216 e. The molecular weight excluding hydrogens is 549 g/mol. The van der Waals surface area contributed by atoms with E-state index in [1.165, 1.54) is 23.5 Å². The van der Waals surface area contributed by atoms with Gasteiger partial charge >= 0.3 is 0 Å². The summed E-state index contributed by atoms with van der Waals surface area (Å²) in [5, 5.41) is 16.4. The van der Waals surface area contributed by atoms with Crippen LogP contribution in [0.15, 0.2) is 24.3 Å². The fourth-order valence-electron chi connectivity index (χ4n) is 5.34. The summed E-state index contributed by atoms with van der Waals surface area (Å²) in [5.74, 6) is 0.528. The number of nitrogens with zero attached hydrogens (tertiary/aromatic N) is 9. The topological polar surface area (TPSA) is 89.1 Å². The number of aromatic nitrogens is 4. The molecule has 40 heavy (non-hydrogen) atoms. The van der Waals surface area contributed by atoms with Crippen molar-refractivity contribution in [2.45, 2.75) is 25.8 Å². The molecule has 0 aliphatic carbocycles. The lowest BCUT2D eigenvalue weighted by Gasteiger charge is -2.33. The van der Waals surface area contributed by atoms with E-state index in [-0.39, 0.29) is 5.82 Å². The second kappa shape index (κ2) is 11.4. The zero-order chi connectivity index (χ0) is 27.8. The van der Waals surface area contributed by atoms with E-state index in [1.54, 1.807) is 23.5 Å². The highest BCUT2D eigenvalue weighted by molar-refractivity contribution is 7.20. The van der Waals surface area contributed by atoms with Crippen molar-refractivity contribution in [3.8, 4) is 17.3 Å². The number of aryl methyl sites for hydroxylation is 1. The SMILES string of the molecule is CCc1nc2sc(N3CCC(N(C)CN4CCOCC4)C3)nn2c1N(C)c1nc(-c2ccc(F)cc2)c(C#N)s1. The Labute approximate surface area is 240 Å². The van der Waals surface area contributed by atoms with Crippen LogP contribution >= 0.6 is 22.7 Å². The van der Waals surface area contributed by atoms with E-state index in [1.807, 2.05) is 16.5 Å². The highest BCUT2D eigenvalue weighted by Crippen LogP contribution is 2.38. The minimum absolute atomic E-state index is 0.323. The zero-order valence-electron chi connectivity index (χ0n) is 22.9. The lowest BCUT2D eigenvalue weighted by molar-refractivity contribution is 0.00851. The fourth-order valence-corrected chi connectivity index (χ4v) is 7.14. The van der Waals surface area contributed by atoms with Crippen LogP contribution in [0.5, 0.6) is 0 Å². The Kier molecular flexibility index (Phi) is 7.69. The molecule has 1 atom stereocenters. The van der Waals surface area contributed by atoms with Gasteiger partial charge in [0.1, 0.15) is 22.5 Å². The Morgan fingerprint density at radius 1 is 1.12 bits per heavy atom. The van der Waals surface area contributed by atoms with Gasteiger partial charge in [-0.2, -0.15) is 9.78 Å². The molecule has 2 aliphatic heterocycles. The summed E-state index contributed by atoms with van der Waals surface area (Å²) in [4.78, 5) is 20.2. The quantitative estimate of drug-likeness (QED) is 0.306. The van der Waals surface area contributed by atoms with Crippen LogP contribution in [0.3, 0.4) is 0 Å². The lowest BCUT2D eigenvalue weighted by atomic mass is 10.1. The van der Waals surface area contributed by atoms with E-state index in [0.29, 0.717) is 27.3 Å². The number of imidazole rings is 1. The number of benzene rings is 1. The Morgan fingerprint density at radius 3 is 2.62 bits per heavy atom. The number of fused-ring (bicyclic) bond motifs is 1. The molecule has 0 radical (unpaired) electrons. The number of nitriles is 1. The molecule has 1 aromatic carbocycles. The third-order valence-corrected chi connectivity index (χ3v) is 9.60. The van der Waals surface area contributed by atoms with Gasteiger partial charge in [0, 0.05) is 44.8 Å². The second-order valence-electron chi connectivity index (χ2n) is 10.2. The molecule has 1 unspecified atom stereocenters. The van der Waals surface area contributed by atoms with Crippen molar-refractivity contribution in [2.24, 2.45) is 0 Å². The predicted molar refractivity (Wildman–Crippen MR) is 156 cm³/mol. The van der Waals surface area contributed by atoms with Crippen LogP contribution in [0.4, 0.5) is 20.5 Å². The molecule has 2 fully saturated rings. The van der Waals surface area contributed by atoms with E-state index in [4.69, 9.17) is 19.8 Å². The first-order valence-electron chi connectivity index (χ1n) is 13.5. The number of morpholine rings is 1. The van der Waals surface area contributed by atoms with Crippen molar-refractivity contribution < 1.29 is 9.13 Å². The Hall–Kier alpha value is -3.15. The van der Waals surface area contributed by atoms with Crippen LogP contribution in [0.25, 0.3) is 16.2 Å². The highest BCUT2D eigenvalue weighted by atomic mass is 32.1. The van der Waals surface area contributed by atoms with E-state index in [9.17, 15) is 9.65 Å². The van der Waals surface area contributed by atoms with Crippen LogP contribution in [0.1, 0.15) is 23.9 Å². The molecule has 4 aromatic rings. The summed E-state index contributed by atoms with van der Waals surface area (Å²) in [6.07, 6.45) is 1.84. The number of likely N-dealkylation sites (N-methyl/N-ethyl adjacent to an activating group) is 1. The van der Waals surface area contributed by atoms with Gasteiger partial charge in [0.25, 0.3) is 0 Å². The van der Waals surface area contributed by atoms with Gasteiger partial charge in [-0.25, -0.2) is 14.4 Å². The molecule has 210 valence electrons. The van der Waals surface area contributed by atoms with Crippen LogP contribution in [-0.2, 0) is 11.2 Å². The molecule has 6 rings (SSSR count). The van der Waals surface area contributed by atoms with E-state index < -0.39 is 0 Å². The summed E-state index contributed by atoms with van der Waals surface area (Å²) < 4.78 is 20.9. The van der Waals surface area contributed by atoms with E-state index in [2.05, 4.69) is 34.7 Å². The van der Waals surface area contributed by atoms with Crippen LogP contribution in [0, 0.1) is 17.1 Å². The predicted octanol–water partition coefficient (Wildman–Crippen LogP) is 4.06. The van der Waals surface area contributed by atoms with Gasteiger partial charge in [-0.05, 0) is 44.2 Å². The molecule has 5 heterocycles. The molecular formula is C27H32FN9OS2. The van der Waals surface area contributed by atoms with Crippen molar-refractivity contribution in [3.05, 3.63) is 40.7 Å². The summed E-state index contributed by atoms with van der Waals surface area (Å²) in [6, 6.07) is 8.79. The lowest BCUT2D eigenvalue weighted by Crippen LogP contribution is -2.46. The number of hydrogen-bond donors (Lipinski definition) is 0. The van der Waals surface area contributed by atoms with E-state index in [0.717, 1.165) is 80.5 Å². The average Bonchev–Trinajstić information content (AvgIpc) is 3.76. The normalized spacial score (nSPS) is 18.2. The third-order valence-electron chi connectivity index (χ3n) is 7.60. The molecule has 0 N–H and O–H groups in total. The molecule has 2 saturated heterocycles. The first kappa shape index (κ1) is 27.0. The van der Waals surface area contributed by atoms with Gasteiger partial charge in [0.05, 0.1) is 25.6 Å². The molecule has 10 nitrogen and oxygen atoms in total.